The monoisotopic (exact) mass is 1120 g/mol. The van der Waals surface area contributed by atoms with Crippen molar-refractivity contribution in [3.63, 3.8) is 0 Å². The van der Waals surface area contributed by atoms with E-state index in [1.54, 1.807) is 34.6 Å². The summed E-state index contributed by atoms with van der Waals surface area (Å²) >= 11 is 0. The maximum Gasteiger partial charge on any atom is 0.509 e. The number of hydrogen-bond donors (Lipinski definition) is 6. The summed E-state index contributed by atoms with van der Waals surface area (Å²) in [6, 6.07) is 3.02. The summed E-state index contributed by atoms with van der Waals surface area (Å²) in [4.78, 5) is 33.6. The van der Waals surface area contributed by atoms with Crippen molar-refractivity contribution in [2.24, 2.45) is 23.7 Å². The van der Waals surface area contributed by atoms with E-state index in [0.717, 1.165) is 88.4 Å². The number of piperidine rings is 4. The molecule has 0 amide bonds. The number of aryl methyl sites for hydroxylation is 2. The molecule has 0 radical (unpaired) electrons. The van der Waals surface area contributed by atoms with Gasteiger partial charge in [-0.1, -0.05) is 51.4 Å². The Hall–Kier alpha value is -5.27. The molecule has 6 atom stereocenters. The molecule has 428 valence electrons. The maximum atomic E-state index is 17.4. The Bertz CT molecular complexity index is 2730. The highest BCUT2D eigenvalue weighted by Gasteiger charge is 2.46. The number of rotatable bonds is 20. The molecule has 25 heteroatoms. The van der Waals surface area contributed by atoms with E-state index in [1.165, 1.54) is 0 Å². The van der Waals surface area contributed by atoms with Gasteiger partial charge in [0.05, 0.1) is 11.5 Å². The average molecular weight is 1130 g/mol. The molecule has 0 aromatic carbocycles. The Kier molecular flexibility index (Phi) is 17.4. The lowest BCUT2D eigenvalue weighted by atomic mass is 9.80. The number of sulfonamides is 2. The van der Waals surface area contributed by atoms with Gasteiger partial charge in [-0.25, -0.2) is 40.4 Å². The molecule has 8 heterocycles. The van der Waals surface area contributed by atoms with Crippen LogP contribution in [0.15, 0.2) is 12.1 Å². The third kappa shape index (κ3) is 12.7. The van der Waals surface area contributed by atoms with Crippen molar-refractivity contribution in [2.45, 2.75) is 192 Å². The van der Waals surface area contributed by atoms with E-state index in [4.69, 9.17) is 19.4 Å². The SMILES string of the molecule is CCS(=O)(=O)N1C2CCCC1CC(CNc1nc(Nc3cc(C)[nH]n3)c(F)c(C(OC(=O)OC(c3nc(NCC4CC5CCCC(C4)N5S(=O)(=O)CC)nc(Nc4cc(C)[nH]n4)c3F)C3CCCCC3)C3CCCCC3)n1)C2. The van der Waals surface area contributed by atoms with Crippen molar-refractivity contribution in [1.82, 2.24) is 48.9 Å². The Labute approximate surface area is 456 Å². The van der Waals surface area contributed by atoms with Crippen LogP contribution in [0.1, 0.15) is 177 Å². The topological polar surface area (TPSA) is 267 Å². The minimum atomic E-state index is -3.38. The van der Waals surface area contributed by atoms with Gasteiger partial charge in [-0.15, -0.1) is 0 Å². The highest BCUT2D eigenvalue weighted by atomic mass is 32.2. The number of fused-ring (bicyclic) bond motifs is 4. The van der Waals surface area contributed by atoms with Gasteiger partial charge in [0, 0.05) is 72.6 Å². The van der Waals surface area contributed by atoms with Gasteiger partial charge in [0.2, 0.25) is 31.9 Å². The Morgan fingerprint density at radius 3 is 1.29 bits per heavy atom. The molecule has 6 aliphatic rings. The third-order valence-electron chi connectivity index (χ3n) is 17.3. The van der Waals surface area contributed by atoms with Crippen LogP contribution in [0.4, 0.5) is 48.7 Å². The first kappa shape index (κ1) is 56.0. The fraction of sp³-hybridized carbons (Fsp3) is 0.717. The Morgan fingerprint density at radius 2 is 0.962 bits per heavy atom. The molecule has 4 aromatic heterocycles. The maximum absolute atomic E-state index is 17.4. The first-order chi connectivity index (χ1) is 37.5. The molecule has 10 rings (SSSR count). The largest absolute Gasteiger partial charge is 0.509 e. The molecule has 6 N–H and O–H groups in total. The fourth-order valence-corrected chi connectivity index (χ4v) is 16.8. The van der Waals surface area contributed by atoms with E-state index in [-0.39, 0.29) is 94.3 Å². The van der Waals surface area contributed by atoms with Gasteiger partial charge in [0.15, 0.2) is 47.1 Å². The lowest BCUT2D eigenvalue weighted by molar-refractivity contribution is -0.0464. The standard InChI is InChI=1S/C53H78F2N14O7S2/c1-5-77(71,72)68-37-19-13-20-38(68)26-33(25-37)29-56-51-60-45(43(54)49(62-51)58-41-23-31(3)64-66-41)47(35-15-9-7-10-16-35)75-53(70)76-48(36-17-11-8-12-18-36)46-44(55)50(59-42-24-32(4)65-67-42)63-52(61-46)57-30-34-27-39-21-14-22-40(28-34)69(39)78(73,74)6-2/h23-24,33-40,47-48H,5-22,25-30H2,1-4H3,(H3,56,58,60,62,64,66)(H3,57,59,61,63,65,67). The van der Waals surface area contributed by atoms with E-state index in [9.17, 15) is 21.6 Å². The normalized spacial score (nSPS) is 25.5. The molecule has 4 aliphatic heterocycles. The molecule has 4 aromatic rings. The number of nitrogens with zero attached hydrogens (tertiary/aromatic N) is 8. The van der Waals surface area contributed by atoms with Crippen LogP contribution in [-0.2, 0) is 29.5 Å². The van der Waals surface area contributed by atoms with Crippen LogP contribution in [0.3, 0.4) is 0 Å². The summed E-state index contributed by atoms with van der Waals surface area (Å²) in [5, 5.41) is 27.0. The van der Waals surface area contributed by atoms with E-state index in [2.05, 4.69) is 51.6 Å². The van der Waals surface area contributed by atoms with Gasteiger partial charge in [-0.3, -0.25) is 10.2 Å². The minimum Gasteiger partial charge on any atom is -0.424 e. The first-order valence-electron chi connectivity index (χ1n) is 28.7. The number of nitrogens with one attached hydrogen (secondary N) is 6. The molecule has 6 unspecified atom stereocenters. The summed E-state index contributed by atoms with van der Waals surface area (Å²) in [5.41, 5.74) is 1.17. The lowest BCUT2D eigenvalue weighted by Crippen LogP contribution is -2.55. The number of ether oxygens (including phenoxy) is 2. The van der Waals surface area contributed by atoms with Crippen LogP contribution in [0.5, 0.6) is 0 Å². The zero-order chi connectivity index (χ0) is 54.7. The van der Waals surface area contributed by atoms with Crippen molar-refractivity contribution in [2.75, 3.05) is 45.9 Å². The molecule has 21 nitrogen and oxygen atoms in total. The smallest absolute Gasteiger partial charge is 0.424 e. The van der Waals surface area contributed by atoms with Crippen molar-refractivity contribution in [3.05, 3.63) is 46.5 Å². The van der Waals surface area contributed by atoms with Crippen LogP contribution in [0.2, 0.25) is 0 Å². The molecule has 4 saturated heterocycles. The zero-order valence-electron chi connectivity index (χ0n) is 45.4. The molecule has 6 fully saturated rings. The summed E-state index contributed by atoms with van der Waals surface area (Å²) in [5.74, 6) is -1.60. The highest BCUT2D eigenvalue weighted by Crippen LogP contribution is 2.45. The van der Waals surface area contributed by atoms with Crippen LogP contribution in [0.25, 0.3) is 0 Å². The van der Waals surface area contributed by atoms with Crippen LogP contribution in [-0.4, -0.2) is 121 Å². The number of H-pyrrole nitrogens is 2. The Morgan fingerprint density at radius 1 is 0.590 bits per heavy atom. The molecular weight excluding hydrogens is 1050 g/mol. The predicted molar refractivity (Wildman–Crippen MR) is 291 cm³/mol. The highest BCUT2D eigenvalue weighted by molar-refractivity contribution is 7.89. The number of carbonyl (C=O) groups is 1. The average Bonchev–Trinajstić information content (AvgIpc) is 4.12. The summed E-state index contributed by atoms with van der Waals surface area (Å²) in [6.45, 7) is 7.82. The molecule has 0 spiro atoms. The number of anilines is 6. The molecule has 78 heavy (non-hydrogen) atoms. The second-order valence-corrected chi connectivity index (χ2v) is 27.1. The number of aromatic amines is 2. The van der Waals surface area contributed by atoms with Gasteiger partial charge in [0.25, 0.3) is 0 Å². The van der Waals surface area contributed by atoms with E-state index >= 15 is 8.78 Å². The minimum absolute atomic E-state index is 0.0548. The second kappa shape index (κ2) is 24.2. The fourth-order valence-electron chi connectivity index (χ4n) is 13.6. The second-order valence-electron chi connectivity index (χ2n) is 22.8. The van der Waals surface area contributed by atoms with Crippen molar-refractivity contribution >= 4 is 61.4 Å². The summed E-state index contributed by atoms with van der Waals surface area (Å²) in [6.07, 6.45) is 11.8. The van der Waals surface area contributed by atoms with Gasteiger partial charge < -0.3 is 30.7 Å². The zero-order valence-corrected chi connectivity index (χ0v) is 47.0. The van der Waals surface area contributed by atoms with Gasteiger partial charge in [-0.2, -0.15) is 28.8 Å². The number of hydrogen-bond acceptors (Lipinski definition) is 17. The summed E-state index contributed by atoms with van der Waals surface area (Å²) < 4.78 is 104. The number of aromatic nitrogens is 8. The third-order valence-corrected chi connectivity index (χ3v) is 21.2. The van der Waals surface area contributed by atoms with Gasteiger partial charge >= 0.3 is 6.16 Å². The van der Waals surface area contributed by atoms with Crippen LogP contribution in [0, 0.1) is 49.2 Å². The number of carbonyl (C=O) groups excluding carboxylic acids is 1. The molecule has 2 aliphatic carbocycles. The van der Waals surface area contributed by atoms with Crippen molar-refractivity contribution in [1.29, 1.82) is 0 Å². The van der Waals surface area contributed by atoms with Gasteiger partial charge in [0.1, 0.15) is 11.4 Å². The van der Waals surface area contributed by atoms with Crippen molar-refractivity contribution in [3.8, 4) is 0 Å². The molecular formula is C53H78F2N14O7S2. The Balaban J connectivity index is 0.946. The lowest BCUT2D eigenvalue weighted by Gasteiger charge is -2.47. The first-order valence-corrected chi connectivity index (χ1v) is 31.9. The van der Waals surface area contributed by atoms with E-state index < -0.39 is 50.0 Å². The van der Waals surface area contributed by atoms with Gasteiger partial charge in [-0.05, 0) is 117 Å². The van der Waals surface area contributed by atoms with Crippen LogP contribution >= 0.6 is 0 Å². The van der Waals surface area contributed by atoms with E-state index in [1.807, 2.05) is 13.8 Å². The van der Waals surface area contributed by atoms with Crippen molar-refractivity contribution < 1.29 is 39.9 Å². The predicted octanol–water partition coefficient (Wildman–Crippen LogP) is 9.98. The quantitative estimate of drug-likeness (QED) is 0.0449. The molecule has 2 saturated carbocycles. The number of halogens is 2. The summed E-state index contributed by atoms with van der Waals surface area (Å²) in [7, 11) is -6.76. The van der Waals surface area contributed by atoms with Crippen LogP contribution < -0.4 is 21.3 Å². The van der Waals surface area contributed by atoms with E-state index in [0.29, 0.717) is 76.1 Å². The molecule has 4 bridgehead atoms.